The molecule has 2 heterocycles. The highest BCUT2D eigenvalue weighted by Gasteiger charge is 2.35. The zero-order chi connectivity index (χ0) is 22.1. The lowest BCUT2D eigenvalue weighted by molar-refractivity contribution is -0.138. The van der Waals surface area contributed by atoms with Crippen LogP contribution in [-0.2, 0) is 23.7 Å². The Hall–Kier alpha value is -3.64. The number of carbonyl (C=O) groups excluding carboxylic acids is 1. The number of halogens is 6. The number of nitrogens with zero attached hydrogens (tertiary/aromatic N) is 4. The maximum Gasteiger partial charge on any atom is 0.418 e. The molecule has 0 saturated carbocycles. The Kier molecular flexibility index (Phi) is 5.37. The highest BCUT2D eigenvalue weighted by atomic mass is 19.4. The summed E-state index contributed by atoms with van der Waals surface area (Å²) in [6.45, 7) is -0.824. The van der Waals surface area contributed by atoms with E-state index in [2.05, 4.69) is 15.4 Å². The normalized spacial score (nSPS) is 12.1. The molecule has 0 bridgehead atoms. The first-order valence-corrected chi connectivity index (χ1v) is 8.09. The predicted molar refractivity (Wildman–Crippen MR) is 90.7 cm³/mol. The number of aromatic nitrogens is 4. The van der Waals surface area contributed by atoms with Crippen LogP contribution in [-0.4, -0.2) is 25.2 Å². The SMILES string of the molecule is O=C(Cn1cc(C(F)(F)F)ccc1=O)Nc1ccc(-n2cncn2)c(C(F)(F)F)c1. The van der Waals surface area contributed by atoms with Gasteiger partial charge in [0.25, 0.3) is 5.56 Å². The van der Waals surface area contributed by atoms with Crippen molar-refractivity contribution in [1.82, 2.24) is 19.3 Å². The van der Waals surface area contributed by atoms with Crippen LogP contribution in [0.4, 0.5) is 32.0 Å². The van der Waals surface area contributed by atoms with E-state index < -0.39 is 41.5 Å². The van der Waals surface area contributed by atoms with E-state index in [9.17, 15) is 35.9 Å². The Morgan fingerprint density at radius 1 is 1.03 bits per heavy atom. The molecule has 0 aliphatic heterocycles. The van der Waals surface area contributed by atoms with E-state index in [1.807, 2.05) is 0 Å². The maximum absolute atomic E-state index is 13.4. The highest BCUT2D eigenvalue weighted by Crippen LogP contribution is 2.35. The average Bonchev–Trinajstić information content (AvgIpc) is 3.16. The minimum atomic E-state index is -4.79. The highest BCUT2D eigenvalue weighted by molar-refractivity contribution is 5.90. The van der Waals surface area contributed by atoms with Crippen LogP contribution >= 0.6 is 0 Å². The summed E-state index contributed by atoms with van der Waals surface area (Å²) in [6, 6.07) is 4.05. The number of benzene rings is 1. The van der Waals surface area contributed by atoms with Gasteiger partial charge in [-0.1, -0.05) is 0 Å². The van der Waals surface area contributed by atoms with Crippen LogP contribution in [0.3, 0.4) is 0 Å². The van der Waals surface area contributed by atoms with Crippen molar-refractivity contribution in [2.45, 2.75) is 18.9 Å². The number of alkyl halides is 6. The molecular formula is C17H11F6N5O2. The first-order chi connectivity index (χ1) is 13.9. The molecule has 0 atom stereocenters. The van der Waals surface area contributed by atoms with Crippen molar-refractivity contribution in [2.75, 3.05) is 5.32 Å². The first-order valence-electron chi connectivity index (χ1n) is 8.09. The fourth-order valence-electron chi connectivity index (χ4n) is 2.55. The van der Waals surface area contributed by atoms with Crippen LogP contribution in [0.2, 0.25) is 0 Å². The maximum atomic E-state index is 13.4. The van der Waals surface area contributed by atoms with Gasteiger partial charge in [0, 0.05) is 18.0 Å². The van der Waals surface area contributed by atoms with Crippen molar-refractivity contribution >= 4 is 11.6 Å². The lowest BCUT2D eigenvalue weighted by Gasteiger charge is -2.15. The topological polar surface area (TPSA) is 81.8 Å². The molecule has 30 heavy (non-hydrogen) atoms. The van der Waals surface area contributed by atoms with Crippen LogP contribution in [0.25, 0.3) is 5.69 Å². The van der Waals surface area contributed by atoms with Crippen molar-refractivity contribution in [1.29, 1.82) is 0 Å². The van der Waals surface area contributed by atoms with Crippen molar-refractivity contribution in [3.05, 3.63) is 70.7 Å². The third kappa shape index (κ3) is 4.67. The Morgan fingerprint density at radius 3 is 2.37 bits per heavy atom. The fourth-order valence-corrected chi connectivity index (χ4v) is 2.55. The second kappa shape index (κ2) is 7.65. The standard InChI is InChI=1S/C17H11F6N5O2/c18-16(19,20)10-1-4-15(30)27(6-10)7-14(29)26-11-2-3-13(28-9-24-8-25-28)12(5-11)17(21,22)23/h1-6,8-9H,7H2,(H,26,29). The van der Waals surface area contributed by atoms with Gasteiger partial charge in [-0.25, -0.2) is 9.67 Å². The molecule has 0 aliphatic carbocycles. The van der Waals surface area contributed by atoms with Gasteiger partial charge in [-0.3, -0.25) is 9.59 Å². The number of rotatable bonds is 4. The molecule has 0 unspecified atom stereocenters. The fraction of sp³-hybridized carbons (Fsp3) is 0.176. The number of hydrogen-bond donors (Lipinski definition) is 1. The van der Waals surface area contributed by atoms with Crippen molar-refractivity contribution < 1.29 is 31.1 Å². The molecule has 0 radical (unpaired) electrons. The van der Waals surface area contributed by atoms with Gasteiger partial charge in [0.1, 0.15) is 19.2 Å². The van der Waals surface area contributed by atoms with Gasteiger partial charge in [-0.05, 0) is 24.3 Å². The summed E-state index contributed by atoms with van der Waals surface area (Å²) in [5.74, 6) is -0.988. The van der Waals surface area contributed by atoms with Gasteiger partial charge >= 0.3 is 12.4 Å². The van der Waals surface area contributed by atoms with Crippen LogP contribution in [0.15, 0.2) is 54.0 Å². The van der Waals surface area contributed by atoms with Gasteiger partial charge < -0.3 is 9.88 Å². The monoisotopic (exact) mass is 431 g/mol. The van der Waals surface area contributed by atoms with E-state index >= 15 is 0 Å². The molecule has 1 amide bonds. The van der Waals surface area contributed by atoms with Gasteiger partial charge in [0.15, 0.2) is 0 Å². The third-order valence-electron chi connectivity index (χ3n) is 3.88. The molecule has 3 aromatic rings. The van der Waals surface area contributed by atoms with Crippen molar-refractivity contribution in [2.24, 2.45) is 0 Å². The largest absolute Gasteiger partial charge is 0.418 e. The second-order valence-electron chi connectivity index (χ2n) is 6.00. The quantitative estimate of drug-likeness (QED) is 0.644. The van der Waals surface area contributed by atoms with Crippen molar-refractivity contribution in [3.63, 3.8) is 0 Å². The Bertz CT molecular complexity index is 1120. The number of pyridine rings is 1. The van der Waals surface area contributed by atoms with Gasteiger partial charge in [0.05, 0.1) is 16.8 Å². The first kappa shape index (κ1) is 21.1. The summed E-state index contributed by atoms with van der Waals surface area (Å²) in [5.41, 5.74) is -3.76. The molecule has 0 spiro atoms. The summed E-state index contributed by atoms with van der Waals surface area (Å²) >= 11 is 0. The lowest BCUT2D eigenvalue weighted by Crippen LogP contribution is -2.28. The molecule has 0 fully saturated rings. The minimum Gasteiger partial charge on any atom is -0.325 e. The zero-order valence-corrected chi connectivity index (χ0v) is 14.7. The van der Waals surface area contributed by atoms with E-state index in [1.165, 1.54) is 0 Å². The Balaban J connectivity index is 1.85. The van der Waals surface area contributed by atoms with Crippen LogP contribution in [0.5, 0.6) is 0 Å². The van der Waals surface area contributed by atoms with Gasteiger partial charge in [-0.15, -0.1) is 0 Å². The van der Waals surface area contributed by atoms with Gasteiger partial charge in [0.2, 0.25) is 5.91 Å². The molecule has 158 valence electrons. The molecule has 1 aromatic carbocycles. The summed E-state index contributed by atoms with van der Waals surface area (Å²) in [5, 5.41) is 5.77. The second-order valence-corrected chi connectivity index (χ2v) is 6.00. The molecule has 0 aliphatic rings. The van der Waals surface area contributed by atoms with E-state index in [0.717, 1.165) is 29.5 Å². The summed E-state index contributed by atoms with van der Waals surface area (Å²) in [4.78, 5) is 27.4. The third-order valence-corrected chi connectivity index (χ3v) is 3.88. The lowest BCUT2D eigenvalue weighted by atomic mass is 10.1. The number of carbonyl (C=O) groups is 1. The van der Waals surface area contributed by atoms with Crippen LogP contribution in [0, 0.1) is 0 Å². The Labute approximate surface area is 163 Å². The number of amides is 1. The smallest absolute Gasteiger partial charge is 0.325 e. The molecule has 0 saturated heterocycles. The number of anilines is 1. The van der Waals surface area contributed by atoms with Crippen LogP contribution in [0.1, 0.15) is 11.1 Å². The molecule has 3 rings (SSSR count). The van der Waals surface area contributed by atoms with E-state index in [-0.39, 0.29) is 11.4 Å². The summed E-state index contributed by atoms with van der Waals surface area (Å²) in [7, 11) is 0. The molecule has 7 nitrogen and oxygen atoms in total. The van der Waals surface area contributed by atoms with Crippen molar-refractivity contribution in [3.8, 4) is 5.69 Å². The summed E-state index contributed by atoms with van der Waals surface area (Å²) < 4.78 is 79.8. The molecular weight excluding hydrogens is 420 g/mol. The van der Waals surface area contributed by atoms with E-state index in [4.69, 9.17) is 0 Å². The molecule has 13 heteroatoms. The Morgan fingerprint density at radius 2 is 1.77 bits per heavy atom. The average molecular weight is 431 g/mol. The van der Waals surface area contributed by atoms with E-state index in [1.54, 1.807) is 0 Å². The van der Waals surface area contributed by atoms with Gasteiger partial charge in [-0.2, -0.15) is 31.4 Å². The van der Waals surface area contributed by atoms with Crippen LogP contribution < -0.4 is 10.9 Å². The summed E-state index contributed by atoms with van der Waals surface area (Å²) in [6.07, 6.45) is -6.97. The van der Waals surface area contributed by atoms with E-state index in [0.29, 0.717) is 29.0 Å². The number of hydrogen-bond acceptors (Lipinski definition) is 4. The zero-order valence-electron chi connectivity index (χ0n) is 14.7. The minimum absolute atomic E-state index is 0.267. The number of nitrogens with one attached hydrogen (secondary N) is 1. The molecule has 2 aromatic heterocycles. The predicted octanol–water partition coefficient (Wildman–Crippen LogP) is 3.11. The molecule has 1 N–H and O–H groups in total.